The number of carbonyl (C=O) groups is 1. The van der Waals surface area contributed by atoms with Crippen molar-refractivity contribution in [2.75, 3.05) is 0 Å². The lowest BCUT2D eigenvalue weighted by Gasteiger charge is -2.08. The highest BCUT2D eigenvalue weighted by Gasteiger charge is 2.21. The van der Waals surface area contributed by atoms with Crippen LogP contribution in [0, 0.1) is 6.92 Å². The summed E-state index contributed by atoms with van der Waals surface area (Å²) in [6.45, 7) is 5.59. The number of aryl methyl sites for hydroxylation is 1. The first-order chi connectivity index (χ1) is 9.00. The molecule has 0 bridgehead atoms. The number of nitrogens with one attached hydrogen (secondary N) is 1. The molecule has 0 fully saturated rings. The van der Waals surface area contributed by atoms with Gasteiger partial charge in [-0.15, -0.1) is 0 Å². The smallest absolute Gasteiger partial charge is 0.256 e. The summed E-state index contributed by atoms with van der Waals surface area (Å²) in [5.41, 5.74) is 1.88. The number of benzene rings is 1. The van der Waals surface area contributed by atoms with Gasteiger partial charge < -0.3 is 5.32 Å². The van der Waals surface area contributed by atoms with Crippen molar-refractivity contribution in [1.82, 2.24) is 15.1 Å². The van der Waals surface area contributed by atoms with Gasteiger partial charge in [-0.25, -0.2) is 4.68 Å². The fourth-order valence-corrected chi connectivity index (χ4v) is 2.19. The van der Waals surface area contributed by atoms with Crippen molar-refractivity contribution in [3.8, 4) is 5.69 Å². The third-order valence-electron chi connectivity index (χ3n) is 2.65. The molecule has 0 saturated carbocycles. The van der Waals surface area contributed by atoms with Crippen LogP contribution in [0.5, 0.6) is 0 Å². The summed E-state index contributed by atoms with van der Waals surface area (Å²) in [6.07, 6.45) is 0. The summed E-state index contributed by atoms with van der Waals surface area (Å²) < 4.78 is 1.58. The van der Waals surface area contributed by atoms with Crippen molar-refractivity contribution in [3.05, 3.63) is 46.7 Å². The van der Waals surface area contributed by atoms with Crippen LogP contribution in [-0.4, -0.2) is 21.7 Å². The van der Waals surface area contributed by atoms with Crippen LogP contribution in [0.3, 0.4) is 0 Å². The van der Waals surface area contributed by atoms with E-state index < -0.39 is 0 Å². The van der Waals surface area contributed by atoms with E-state index >= 15 is 0 Å². The van der Waals surface area contributed by atoms with Crippen LogP contribution in [0.15, 0.2) is 30.3 Å². The Bertz CT molecular complexity index is 590. The lowest BCUT2D eigenvalue weighted by atomic mass is 10.2. The second kappa shape index (κ2) is 5.45. The van der Waals surface area contributed by atoms with E-state index in [0.29, 0.717) is 16.4 Å². The molecule has 4 nitrogen and oxygen atoms in total. The van der Waals surface area contributed by atoms with Crippen LogP contribution < -0.4 is 5.32 Å². The molecule has 1 amide bonds. The number of nitrogens with zero attached hydrogens (tertiary/aromatic N) is 2. The molecule has 0 spiro atoms. The van der Waals surface area contributed by atoms with Gasteiger partial charge in [0.05, 0.1) is 16.9 Å². The number of rotatable bonds is 3. The van der Waals surface area contributed by atoms with Crippen molar-refractivity contribution in [2.24, 2.45) is 0 Å². The average Bonchev–Trinajstić information content (AvgIpc) is 2.65. The summed E-state index contributed by atoms with van der Waals surface area (Å²) in [4.78, 5) is 12.1. The fourth-order valence-electron chi connectivity index (χ4n) is 1.83. The van der Waals surface area contributed by atoms with E-state index in [1.54, 1.807) is 11.6 Å². The highest BCUT2D eigenvalue weighted by Crippen LogP contribution is 2.23. The van der Waals surface area contributed by atoms with E-state index in [1.165, 1.54) is 0 Å². The lowest BCUT2D eigenvalue weighted by Crippen LogP contribution is -2.30. The van der Waals surface area contributed by atoms with Gasteiger partial charge in [0.2, 0.25) is 0 Å². The zero-order valence-electron chi connectivity index (χ0n) is 11.1. The van der Waals surface area contributed by atoms with Crippen LogP contribution in [0.25, 0.3) is 5.69 Å². The molecule has 0 saturated heterocycles. The van der Waals surface area contributed by atoms with Gasteiger partial charge in [0.1, 0.15) is 5.15 Å². The number of para-hydroxylation sites is 1. The first kappa shape index (κ1) is 13.6. The predicted molar refractivity (Wildman–Crippen MR) is 75.9 cm³/mol. The van der Waals surface area contributed by atoms with Gasteiger partial charge in [-0.1, -0.05) is 29.8 Å². The zero-order valence-corrected chi connectivity index (χ0v) is 11.9. The minimum absolute atomic E-state index is 0.0584. The van der Waals surface area contributed by atoms with E-state index in [4.69, 9.17) is 11.6 Å². The van der Waals surface area contributed by atoms with Gasteiger partial charge in [-0.3, -0.25) is 4.79 Å². The Labute approximate surface area is 117 Å². The van der Waals surface area contributed by atoms with Crippen molar-refractivity contribution >= 4 is 17.5 Å². The molecule has 2 rings (SSSR count). The number of amides is 1. The maximum absolute atomic E-state index is 12.1. The van der Waals surface area contributed by atoms with Crippen LogP contribution in [0.1, 0.15) is 29.9 Å². The maximum atomic E-state index is 12.1. The highest BCUT2D eigenvalue weighted by atomic mass is 35.5. The molecule has 1 N–H and O–H groups in total. The minimum Gasteiger partial charge on any atom is -0.350 e. The molecule has 0 aliphatic rings. The van der Waals surface area contributed by atoms with Gasteiger partial charge in [-0.2, -0.15) is 5.10 Å². The summed E-state index contributed by atoms with van der Waals surface area (Å²) >= 11 is 6.28. The SMILES string of the molecule is Cc1nn(-c2ccccc2)c(Cl)c1C(=O)NC(C)C. The van der Waals surface area contributed by atoms with E-state index in [2.05, 4.69) is 10.4 Å². The van der Waals surface area contributed by atoms with Crippen LogP contribution in [-0.2, 0) is 0 Å². The predicted octanol–water partition coefficient (Wildman–Crippen LogP) is 2.97. The Morgan fingerprint density at radius 1 is 1.32 bits per heavy atom. The zero-order chi connectivity index (χ0) is 14.0. The topological polar surface area (TPSA) is 46.9 Å². The summed E-state index contributed by atoms with van der Waals surface area (Å²) in [7, 11) is 0. The largest absolute Gasteiger partial charge is 0.350 e. The Hall–Kier alpha value is -1.81. The van der Waals surface area contributed by atoms with E-state index in [1.807, 2.05) is 44.2 Å². The monoisotopic (exact) mass is 277 g/mol. The van der Waals surface area contributed by atoms with Gasteiger partial charge in [-0.05, 0) is 32.9 Å². The lowest BCUT2D eigenvalue weighted by molar-refractivity contribution is 0.0942. The van der Waals surface area contributed by atoms with Gasteiger partial charge in [0, 0.05) is 6.04 Å². The van der Waals surface area contributed by atoms with Crippen LogP contribution in [0.2, 0.25) is 5.15 Å². The van der Waals surface area contributed by atoms with Crippen molar-refractivity contribution < 1.29 is 4.79 Å². The first-order valence-electron chi connectivity index (χ1n) is 6.12. The molecule has 100 valence electrons. The second-order valence-corrected chi connectivity index (χ2v) is 4.98. The average molecular weight is 278 g/mol. The Kier molecular flexibility index (Phi) is 3.90. The molecule has 1 heterocycles. The van der Waals surface area contributed by atoms with Gasteiger partial charge >= 0.3 is 0 Å². The molecule has 0 atom stereocenters. The summed E-state index contributed by atoms with van der Waals surface area (Å²) in [5.74, 6) is -0.195. The fraction of sp³-hybridized carbons (Fsp3) is 0.286. The molecule has 2 aromatic rings. The maximum Gasteiger partial charge on any atom is 0.256 e. The normalized spacial score (nSPS) is 10.8. The number of carbonyl (C=O) groups excluding carboxylic acids is 1. The molecule has 1 aromatic carbocycles. The number of halogens is 1. The molecule has 5 heteroatoms. The Balaban J connectivity index is 2.43. The van der Waals surface area contributed by atoms with Crippen LogP contribution >= 0.6 is 11.6 Å². The molecule has 19 heavy (non-hydrogen) atoms. The highest BCUT2D eigenvalue weighted by molar-refractivity contribution is 6.33. The molecule has 0 unspecified atom stereocenters. The third kappa shape index (κ3) is 2.79. The number of hydrogen-bond acceptors (Lipinski definition) is 2. The number of hydrogen-bond donors (Lipinski definition) is 1. The Morgan fingerprint density at radius 3 is 2.53 bits per heavy atom. The molecule has 1 aromatic heterocycles. The van der Waals surface area contributed by atoms with Crippen molar-refractivity contribution in [3.63, 3.8) is 0 Å². The first-order valence-corrected chi connectivity index (χ1v) is 6.50. The Morgan fingerprint density at radius 2 is 1.95 bits per heavy atom. The molecule has 0 aliphatic heterocycles. The van der Waals surface area contributed by atoms with Crippen molar-refractivity contribution in [2.45, 2.75) is 26.8 Å². The summed E-state index contributed by atoms with van der Waals surface area (Å²) in [6, 6.07) is 9.56. The molecule has 0 radical (unpaired) electrons. The van der Waals surface area contributed by atoms with Gasteiger partial charge in [0.25, 0.3) is 5.91 Å². The van der Waals surface area contributed by atoms with E-state index in [0.717, 1.165) is 5.69 Å². The third-order valence-corrected chi connectivity index (χ3v) is 3.00. The van der Waals surface area contributed by atoms with Gasteiger partial charge in [0.15, 0.2) is 0 Å². The summed E-state index contributed by atoms with van der Waals surface area (Å²) in [5, 5.41) is 7.50. The van der Waals surface area contributed by atoms with Crippen LogP contribution in [0.4, 0.5) is 0 Å². The molecular formula is C14H16ClN3O. The standard InChI is InChI=1S/C14H16ClN3O/c1-9(2)16-14(19)12-10(3)17-18(13(12)15)11-7-5-4-6-8-11/h4-9H,1-3H3,(H,16,19). The second-order valence-electron chi connectivity index (χ2n) is 4.63. The van der Waals surface area contributed by atoms with E-state index in [-0.39, 0.29) is 11.9 Å². The minimum atomic E-state index is -0.195. The number of aromatic nitrogens is 2. The van der Waals surface area contributed by atoms with E-state index in [9.17, 15) is 4.79 Å². The molecular weight excluding hydrogens is 262 g/mol. The quantitative estimate of drug-likeness (QED) is 0.937. The molecule has 0 aliphatic carbocycles. The van der Waals surface area contributed by atoms with Crippen molar-refractivity contribution in [1.29, 1.82) is 0 Å².